The first-order chi connectivity index (χ1) is 15.0. The van der Waals surface area contributed by atoms with E-state index in [1.807, 2.05) is 0 Å². The van der Waals surface area contributed by atoms with Gasteiger partial charge in [-0.05, 0) is 30.3 Å². The number of para-hydroxylation sites is 1. The number of benzene rings is 2. The molecule has 0 bridgehead atoms. The molecule has 6 nitrogen and oxygen atoms in total. The number of carbonyl (C=O) groups is 1. The Morgan fingerprint density at radius 1 is 1.19 bits per heavy atom. The van der Waals surface area contributed by atoms with Crippen LogP contribution in [0.2, 0.25) is 5.02 Å². The van der Waals surface area contributed by atoms with Crippen molar-refractivity contribution >= 4 is 50.0 Å². The predicted molar refractivity (Wildman–Crippen MR) is 117 cm³/mol. The van der Waals surface area contributed by atoms with Crippen molar-refractivity contribution in [3.8, 4) is 5.75 Å². The summed E-state index contributed by atoms with van der Waals surface area (Å²) in [6, 6.07) is 11.2. The molecule has 2 aliphatic rings. The van der Waals surface area contributed by atoms with E-state index in [0.717, 1.165) is 23.9 Å². The number of rotatable bonds is 4. The van der Waals surface area contributed by atoms with E-state index in [1.54, 1.807) is 30.3 Å². The van der Waals surface area contributed by atoms with Gasteiger partial charge >= 0.3 is 6.18 Å². The van der Waals surface area contributed by atoms with E-state index in [2.05, 4.69) is 4.99 Å². The molecule has 32 heavy (non-hydrogen) atoms. The molecular weight excluding hydrogens is 489 g/mol. The van der Waals surface area contributed by atoms with Gasteiger partial charge in [0.1, 0.15) is 5.75 Å². The van der Waals surface area contributed by atoms with Gasteiger partial charge in [0, 0.05) is 10.9 Å². The van der Waals surface area contributed by atoms with Crippen LogP contribution >= 0.6 is 23.4 Å². The smallest absolute Gasteiger partial charge is 0.417 e. The first kappa shape index (κ1) is 22.9. The van der Waals surface area contributed by atoms with Crippen molar-refractivity contribution < 1.29 is 31.1 Å². The number of carbonyl (C=O) groups excluding carboxylic acids is 1. The average Bonchev–Trinajstić information content (AvgIpc) is 3.17. The fourth-order valence-corrected chi connectivity index (χ4v) is 7.70. The third kappa shape index (κ3) is 4.89. The number of hydrogen-bond donors (Lipinski definition) is 0. The second-order valence-corrected chi connectivity index (χ2v) is 11.0. The molecule has 0 N–H and O–H groups in total. The first-order valence-electron chi connectivity index (χ1n) is 9.36. The van der Waals surface area contributed by atoms with E-state index in [9.17, 15) is 26.4 Å². The van der Waals surface area contributed by atoms with Crippen LogP contribution in [0.3, 0.4) is 0 Å². The molecule has 2 aromatic rings. The van der Waals surface area contributed by atoms with E-state index in [4.69, 9.17) is 16.3 Å². The van der Waals surface area contributed by atoms with Gasteiger partial charge in [-0.15, -0.1) is 0 Å². The number of alkyl halides is 3. The van der Waals surface area contributed by atoms with Crippen molar-refractivity contribution in [3.63, 3.8) is 0 Å². The average molecular weight is 505 g/mol. The monoisotopic (exact) mass is 504 g/mol. The summed E-state index contributed by atoms with van der Waals surface area (Å²) in [5, 5.41) is -0.798. The Labute approximate surface area is 191 Å². The Balaban J connectivity index is 1.65. The highest BCUT2D eigenvalue weighted by atomic mass is 35.5. The number of fused-ring (bicyclic) bond motifs is 1. The van der Waals surface area contributed by atoms with E-state index in [-0.39, 0.29) is 29.0 Å². The molecule has 2 unspecified atom stereocenters. The summed E-state index contributed by atoms with van der Waals surface area (Å²) in [5.41, 5.74) is -0.988. The SMILES string of the molecule is O=C(COc1ccccc1)N=C1SC2CS(=O)(=O)CC2N1c1ccc(Cl)c(C(F)(F)F)c1. The third-order valence-corrected chi connectivity index (χ3v) is 8.47. The van der Waals surface area contributed by atoms with E-state index < -0.39 is 43.8 Å². The Hall–Kier alpha value is -2.24. The number of halogens is 4. The Kier molecular flexibility index (Phi) is 6.17. The minimum absolute atomic E-state index is 0.0642. The predicted octanol–water partition coefficient (Wildman–Crippen LogP) is 4.04. The standard InChI is InChI=1S/C20H16ClF3N2O4S2/c21-15-7-6-12(8-14(15)20(22,23)24)26-16-10-32(28,29)11-17(16)31-19(26)25-18(27)9-30-13-4-2-1-3-5-13/h1-8,16-17H,9-11H2. The molecule has 12 heteroatoms. The van der Waals surface area contributed by atoms with Crippen molar-refractivity contribution in [2.24, 2.45) is 4.99 Å². The van der Waals surface area contributed by atoms with Gasteiger partial charge in [-0.1, -0.05) is 41.6 Å². The summed E-state index contributed by atoms with van der Waals surface area (Å²) >= 11 is 6.78. The van der Waals surface area contributed by atoms with Crippen LogP contribution in [0.15, 0.2) is 53.5 Å². The maximum atomic E-state index is 13.4. The van der Waals surface area contributed by atoms with Crippen molar-refractivity contribution in [2.75, 3.05) is 23.0 Å². The molecule has 2 heterocycles. The zero-order chi connectivity index (χ0) is 23.1. The van der Waals surface area contributed by atoms with Crippen LogP contribution in [0.25, 0.3) is 0 Å². The number of thioether (sulfide) groups is 1. The van der Waals surface area contributed by atoms with Gasteiger partial charge in [-0.25, -0.2) is 8.42 Å². The maximum Gasteiger partial charge on any atom is 0.417 e. The third-order valence-electron chi connectivity index (χ3n) is 4.93. The normalized spacial score (nSPS) is 23.4. The summed E-state index contributed by atoms with van der Waals surface area (Å²) in [6.07, 6.45) is -4.70. The second kappa shape index (κ2) is 8.60. The first-order valence-corrected chi connectivity index (χ1v) is 12.4. The van der Waals surface area contributed by atoms with Crippen LogP contribution in [0.5, 0.6) is 5.75 Å². The van der Waals surface area contributed by atoms with Gasteiger partial charge < -0.3 is 9.64 Å². The van der Waals surface area contributed by atoms with Gasteiger partial charge in [0.25, 0.3) is 5.91 Å². The lowest BCUT2D eigenvalue weighted by atomic mass is 10.1. The molecule has 2 atom stereocenters. The highest BCUT2D eigenvalue weighted by Crippen LogP contribution is 2.43. The number of sulfone groups is 1. The second-order valence-electron chi connectivity index (χ2n) is 7.22. The Morgan fingerprint density at radius 3 is 2.59 bits per heavy atom. The number of anilines is 1. The van der Waals surface area contributed by atoms with Crippen molar-refractivity contribution in [1.29, 1.82) is 0 Å². The summed E-state index contributed by atoms with van der Waals surface area (Å²) < 4.78 is 69.7. The minimum Gasteiger partial charge on any atom is -0.484 e. The molecular formula is C20H16ClF3N2O4S2. The fraction of sp³-hybridized carbons (Fsp3) is 0.300. The van der Waals surface area contributed by atoms with Gasteiger partial charge in [-0.3, -0.25) is 4.79 Å². The molecule has 0 saturated carbocycles. The zero-order valence-electron chi connectivity index (χ0n) is 16.3. The van der Waals surface area contributed by atoms with Gasteiger partial charge in [0.15, 0.2) is 21.6 Å². The highest BCUT2D eigenvalue weighted by molar-refractivity contribution is 8.16. The molecule has 2 saturated heterocycles. The van der Waals surface area contributed by atoms with E-state index >= 15 is 0 Å². The van der Waals surface area contributed by atoms with Crippen molar-refractivity contribution in [2.45, 2.75) is 17.5 Å². The lowest BCUT2D eigenvalue weighted by Gasteiger charge is -2.25. The number of nitrogens with zero attached hydrogens (tertiary/aromatic N) is 2. The highest BCUT2D eigenvalue weighted by Gasteiger charge is 2.49. The van der Waals surface area contributed by atoms with Gasteiger partial charge in [0.05, 0.1) is 28.1 Å². The lowest BCUT2D eigenvalue weighted by molar-refractivity contribution is -0.137. The Bertz CT molecular complexity index is 1170. The van der Waals surface area contributed by atoms with Gasteiger partial charge in [0.2, 0.25) is 0 Å². The van der Waals surface area contributed by atoms with Gasteiger partial charge in [-0.2, -0.15) is 18.2 Å². The summed E-state index contributed by atoms with van der Waals surface area (Å²) in [6.45, 7) is -0.371. The van der Waals surface area contributed by atoms with Crippen molar-refractivity contribution in [3.05, 3.63) is 59.1 Å². The van der Waals surface area contributed by atoms with E-state index in [1.165, 1.54) is 11.0 Å². The summed E-state index contributed by atoms with van der Waals surface area (Å²) in [5.74, 6) is -0.573. The molecule has 0 aliphatic carbocycles. The Morgan fingerprint density at radius 2 is 1.91 bits per heavy atom. The number of ether oxygens (including phenoxy) is 1. The molecule has 2 aromatic carbocycles. The quantitative estimate of drug-likeness (QED) is 0.625. The van der Waals surface area contributed by atoms with Crippen LogP contribution in [-0.2, 0) is 20.8 Å². The molecule has 4 rings (SSSR count). The van der Waals surface area contributed by atoms with Crippen LogP contribution in [-0.4, -0.2) is 48.9 Å². The molecule has 1 amide bonds. The molecule has 0 spiro atoms. The lowest BCUT2D eigenvalue weighted by Crippen LogP contribution is -2.38. The largest absolute Gasteiger partial charge is 0.484 e. The molecule has 2 aliphatic heterocycles. The maximum absolute atomic E-state index is 13.4. The number of aliphatic imine (C=N–C) groups is 1. The zero-order valence-corrected chi connectivity index (χ0v) is 18.6. The van der Waals surface area contributed by atoms with E-state index in [0.29, 0.717) is 5.75 Å². The van der Waals surface area contributed by atoms with Crippen LogP contribution < -0.4 is 9.64 Å². The molecule has 2 fully saturated rings. The summed E-state index contributed by atoms with van der Waals surface area (Å²) in [4.78, 5) is 17.8. The molecule has 0 radical (unpaired) electrons. The number of amidine groups is 1. The van der Waals surface area contributed by atoms with Crippen LogP contribution in [0.4, 0.5) is 18.9 Å². The van der Waals surface area contributed by atoms with Crippen LogP contribution in [0, 0.1) is 0 Å². The molecule has 170 valence electrons. The minimum atomic E-state index is -4.70. The topological polar surface area (TPSA) is 76.0 Å². The van der Waals surface area contributed by atoms with Crippen molar-refractivity contribution in [1.82, 2.24) is 0 Å². The number of hydrogen-bond acceptors (Lipinski definition) is 5. The summed E-state index contributed by atoms with van der Waals surface area (Å²) in [7, 11) is -3.37. The number of amides is 1. The molecule has 0 aromatic heterocycles. The fourth-order valence-electron chi connectivity index (χ4n) is 3.55. The van der Waals surface area contributed by atoms with Crippen LogP contribution in [0.1, 0.15) is 5.56 Å².